The Balaban J connectivity index is 2.16. The molecule has 5 heteroatoms. The molecule has 0 fully saturated rings. The molecule has 0 radical (unpaired) electrons. The van der Waals surface area contributed by atoms with Crippen LogP contribution in [0.25, 0.3) is 11.1 Å². The van der Waals surface area contributed by atoms with Crippen molar-refractivity contribution in [1.82, 2.24) is 4.98 Å². The zero-order chi connectivity index (χ0) is 10.7. The summed E-state index contributed by atoms with van der Waals surface area (Å²) in [7, 11) is 0. The van der Waals surface area contributed by atoms with Crippen LogP contribution in [-0.4, -0.2) is 17.4 Å². The van der Waals surface area contributed by atoms with E-state index >= 15 is 0 Å². The number of rotatable bonds is 4. The second-order valence-electron chi connectivity index (χ2n) is 3.10. The van der Waals surface area contributed by atoms with Crippen molar-refractivity contribution in [3.05, 3.63) is 18.2 Å². The highest BCUT2D eigenvalue weighted by Crippen LogP contribution is 2.24. The first kappa shape index (κ1) is 10.3. The summed E-state index contributed by atoms with van der Waals surface area (Å²) in [5.41, 5.74) is 7.74. The smallest absolute Gasteiger partial charge is 0.256 e. The molecule has 0 aliphatic carbocycles. The number of alkyl halides is 1. The Bertz CT molecular complexity index is 458. The molecule has 15 heavy (non-hydrogen) atoms. The highest BCUT2D eigenvalue weighted by atomic mass is 32.2. The molecule has 1 heterocycles. The molecular weight excluding hydrogens is 215 g/mol. The van der Waals surface area contributed by atoms with Crippen LogP contribution in [-0.2, 0) is 0 Å². The average Bonchev–Trinajstić information content (AvgIpc) is 2.60. The molecule has 0 amide bonds. The second-order valence-corrected chi connectivity index (χ2v) is 4.14. The van der Waals surface area contributed by atoms with Crippen molar-refractivity contribution in [2.24, 2.45) is 0 Å². The van der Waals surface area contributed by atoms with Gasteiger partial charge in [0.2, 0.25) is 0 Å². The first-order valence-electron chi connectivity index (χ1n) is 4.64. The fraction of sp³-hybridized carbons (Fsp3) is 0.300. The maximum atomic E-state index is 11.9. The van der Waals surface area contributed by atoms with E-state index in [1.54, 1.807) is 18.2 Å². The van der Waals surface area contributed by atoms with Gasteiger partial charge >= 0.3 is 0 Å². The minimum atomic E-state index is -0.305. The van der Waals surface area contributed by atoms with Gasteiger partial charge in [-0.3, -0.25) is 4.39 Å². The molecule has 0 saturated heterocycles. The van der Waals surface area contributed by atoms with Crippen molar-refractivity contribution in [3.63, 3.8) is 0 Å². The molecule has 2 aromatic rings. The molecule has 0 bridgehead atoms. The van der Waals surface area contributed by atoms with Crippen molar-refractivity contribution in [3.8, 4) is 0 Å². The molecule has 1 aromatic carbocycles. The van der Waals surface area contributed by atoms with Crippen LogP contribution in [0, 0.1) is 0 Å². The van der Waals surface area contributed by atoms with Crippen LogP contribution >= 0.6 is 11.8 Å². The zero-order valence-corrected chi connectivity index (χ0v) is 8.89. The number of anilines is 1. The van der Waals surface area contributed by atoms with E-state index in [1.165, 1.54) is 11.8 Å². The van der Waals surface area contributed by atoms with Crippen molar-refractivity contribution in [2.45, 2.75) is 11.6 Å². The van der Waals surface area contributed by atoms with E-state index in [9.17, 15) is 4.39 Å². The summed E-state index contributed by atoms with van der Waals surface area (Å²) >= 11 is 1.42. The first-order valence-corrected chi connectivity index (χ1v) is 5.63. The van der Waals surface area contributed by atoms with E-state index < -0.39 is 0 Å². The minimum Gasteiger partial charge on any atom is -0.431 e. The standard InChI is InChI=1S/C10H11FN2OS/c11-4-1-5-15-10-13-8-6-7(12)2-3-9(8)14-10/h2-3,6H,1,4-5,12H2. The van der Waals surface area contributed by atoms with Gasteiger partial charge in [0, 0.05) is 11.4 Å². The molecule has 0 saturated carbocycles. The summed E-state index contributed by atoms with van der Waals surface area (Å²) in [6.07, 6.45) is 0.519. The van der Waals surface area contributed by atoms with Crippen LogP contribution < -0.4 is 5.73 Å². The molecule has 0 unspecified atom stereocenters. The van der Waals surface area contributed by atoms with E-state index in [0.717, 1.165) is 5.52 Å². The summed E-state index contributed by atoms with van der Waals surface area (Å²) in [5, 5.41) is 0.573. The number of nitrogens with zero attached hydrogens (tertiary/aromatic N) is 1. The Labute approximate surface area is 90.9 Å². The molecule has 0 spiro atoms. The number of benzene rings is 1. The summed E-state index contributed by atoms with van der Waals surface area (Å²) in [4.78, 5) is 4.24. The SMILES string of the molecule is Nc1ccc2oc(SCCCF)nc2c1. The number of hydrogen-bond acceptors (Lipinski definition) is 4. The Hall–Kier alpha value is -1.23. The molecule has 3 nitrogen and oxygen atoms in total. The molecule has 1 aromatic heterocycles. The fourth-order valence-corrected chi connectivity index (χ4v) is 1.94. The predicted molar refractivity (Wildman–Crippen MR) is 59.7 cm³/mol. The second kappa shape index (κ2) is 4.53. The quantitative estimate of drug-likeness (QED) is 0.495. The van der Waals surface area contributed by atoms with Gasteiger partial charge in [0.25, 0.3) is 5.22 Å². The number of hydrogen-bond donors (Lipinski definition) is 1. The molecule has 0 aliphatic heterocycles. The fourth-order valence-electron chi connectivity index (χ4n) is 1.20. The van der Waals surface area contributed by atoms with Gasteiger partial charge < -0.3 is 10.2 Å². The summed E-state index contributed by atoms with van der Waals surface area (Å²) in [5.74, 6) is 0.679. The Morgan fingerprint density at radius 1 is 1.47 bits per heavy atom. The van der Waals surface area contributed by atoms with Gasteiger partial charge in [-0.1, -0.05) is 11.8 Å². The topological polar surface area (TPSA) is 52.0 Å². The molecule has 0 aliphatic rings. The van der Waals surface area contributed by atoms with Gasteiger partial charge in [-0.25, -0.2) is 4.98 Å². The van der Waals surface area contributed by atoms with Gasteiger partial charge in [0.15, 0.2) is 5.58 Å². The summed E-state index contributed by atoms with van der Waals surface area (Å²) in [6, 6.07) is 5.32. The summed E-state index contributed by atoms with van der Waals surface area (Å²) < 4.78 is 17.3. The molecular formula is C10H11FN2OS. The maximum Gasteiger partial charge on any atom is 0.256 e. The van der Waals surface area contributed by atoms with Crippen molar-refractivity contribution in [2.75, 3.05) is 18.2 Å². The Morgan fingerprint density at radius 3 is 3.13 bits per heavy atom. The first-order chi connectivity index (χ1) is 7.29. The van der Waals surface area contributed by atoms with Gasteiger partial charge in [0.1, 0.15) is 5.52 Å². The van der Waals surface area contributed by atoms with E-state index in [1.807, 2.05) is 0 Å². The van der Waals surface area contributed by atoms with Crippen LogP contribution in [0.5, 0.6) is 0 Å². The highest BCUT2D eigenvalue weighted by molar-refractivity contribution is 7.99. The van der Waals surface area contributed by atoms with Gasteiger partial charge in [-0.2, -0.15) is 0 Å². The Morgan fingerprint density at radius 2 is 2.33 bits per heavy atom. The Kier molecular flexibility index (Phi) is 3.11. The number of halogens is 1. The van der Waals surface area contributed by atoms with E-state index in [-0.39, 0.29) is 6.67 Å². The molecule has 2 rings (SSSR count). The average molecular weight is 226 g/mol. The number of nitrogens with two attached hydrogens (primary N) is 1. The zero-order valence-electron chi connectivity index (χ0n) is 8.07. The lowest BCUT2D eigenvalue weighted by molar-refractivity contribution is 0.481. The van der Waals surface area contributed by atoms with Crippen molar-refractivity contribution in [1.29, 1.82) is 0 Å². The number of fused-ring (bicyclic) bond motifs is 1. The number of aromatic nitrogens is 1. The van der Waals surface area contributed by atoms with E-state index in [2.05, 4.69) is 4.98 Å². The number of nitrogen functional groups attached to an aromatic ring is 1. The van der Waals surface area contributed by atoms with Crippen molar-refractivity contribution >= 4 is 28.5 Å². The van der Waals surface area contributed by atoms with Gasteiger partial charge in [-0.15, -0.1) is 0 Å². The minimum absolute atomic E-state index is 0.305. The third-order valence-corrected chi connectivity index (χ3v) is 2.81. The van der Waals surface area contributed by atoms with Crippen LogP contribution in [0.15, 0.2) is 27.8 Å². The highest BCUT2D eigenvalue weighted by Gasteiger charge is 2.05. The van der Waals surface area contributed by atoms with Crippen LogP contribution in [0.4, 0.5) is 10.1 Å². The van der Waals surface area contributed by atoms with Crippen LogP contribution in [0.2, 0.25) is 0 Å². The third kappa shape index (κ3) is 2.41. The monoisotopic (exact) mass is 226 g/mol. The number of oxazole rings is 1. The molecule has 80 valence electrons. The lowest BCUT2D eigenvalue weighted by atomic mass is 10.3. The summed E-state index contributed by atoms with van der Waals surface area (Å²) in [6.45, 7) is -0.305. The van der Waals surface area contributed by atoms with Crippen LogP contribution in [0.3, 0.4) is 0 Å². The van der Waals surface area contributed by atoms with E-state index in [0.29, 0.717) is 28.7 Å². The number of thioether (sulfide) groups is 1. The molecule has 0 atom stereocenters. The largest absolute Gasteiger partial charge is 0.431 e. The lowest BCUT2D eigenvalue weighted by Gasteiger charge is -1.90. The van der Waals surface area contributed by atoms with Gasteiger partial charge in [0.05, 0.1) is 6.67 Å². The van der Waals surface area contributed by atoms with E-state index in [4.69, 9.17) is 10.2 Å². The molecule has 2 N–H and O–H groups in total. The lowest BCUT2D eigenvalue weighted by Crippen LogP contribution is -1.82. The third-order valence-electron chi connectivity index (χ3n) is 1.90. The van der Waals surface area contributed by atoms with Gasteiger partial charge in [-0.05, 0) is 24.6 Å². The normalized spacial score (nSPS) is 11.0. The maximum absolute atomic E-state index is 11.9. The van der Waals surface area contributed by atoms with Crippen LogP contribution in [0.1, 0.15) is 6.42 Å². The van der Waals surface area contributed by atoms with Crippen molar-refractivity contribution < 1.29 is 8.81 Å². The predicted octanol–water partition coefficient (Wildman–Crippen LogP) is 2.86.